The van der Waals surface area contributed by atoms with Gasteiger partial charge in [0.2, 0.25) is 0 Å². The summed E-state index contributed by atoms with van der Waals surface area (Å²) in [4.78, 5) is 0. The zero-order chi connectivity index (χ0) is 11.4. The molecule has 1 aromatic carbocycles. The third kappa shape index (κ3) is 2.75. The van der Waals surface area contributed by atoms with Gasteiger partial charge in [-0.05, 0) is 31.5 Å². The molecule has 0 amide bonds. The highest BCUT2D eigenvalue weighted by Crippen LogP contribution is 2.22. The van der Waals surface area contributed by atoms with Crippen LogP contribution in [0.2, 0.25) is 0 Å². The van der Waals surface area contributed by atoms with Crippen LogP contribution in [0.1, 0.15) is 37.4 Å². The van der Waals surface area contributed by atoms with Crippen molar-refractivity contribution in [2.24, 2.45) is 0 Å². The Morgan fingerprint density at radius 1 is 1.20 bits per heavy atom. The van der Waals surface area contributed by atoms with E-state index in [4.69, 9.17) is 0 Å². The van der Waals surface area contributed by atoms with Crippen molar-refractivity contribution in [2.75, 3.05) is 6.54 Å². The summed E-state index contributed by atoms with van der Waals surface area (Å²) >= 11 is 0. The van der Waals surface area contributed by atoms with E-state index in [1.54, 1.807) is 13.0 Å². The SMILES string of the molecule is CCNC(CC)c1cc(C)c(F)cc1F. The molecule has 0 radical (unpaired) electrons. The smallest absolute Gasteiger partial charge is 0.130 e. The maximum absolute atomic E-state index is 13.5. The van der Waals surface area contributed by atoms with Crippen molar-refractivity contribution in [1.82, 2.24) is 5.32 Å². The van der Waals surface area contributed by atoms with Crippen LogP contribution in [0.3, 0.4) is 0 Å². The van der Waals surface area contributed by atoms with Crippen LogP contribution < -0.4 is 5.32 Å². The Morgan fingerprint density at radius 2 is 1.87 bits per heavy atom. The van der Waals surface area contributed by atoms with Crippen molar-refractivity contribution in [2.45, 2.75) is 33.2 Å². The Hall–Kier alpha value is -0.960. The van der Waals surface area contributed by atoms with Crippen LogP contribution >= 0.6 is 0 Å². The van der Waals surface area contributed by atoms with Crippen LogP contribution in [0.15, 0.2) is 12.1 Å². The number of rotatable bonds is 4. The largest absolute Gasteiger partial charge is 0.310 e. The molecule has 0 aliphatic heterocycles. The van der Waals surface area contributed by atoms with Crippen molar-refractivity contribution in [1.29, 1.82) is 0 Å². The second-order valence-electron chi connectivity index (χ2n) is 3.64. The lowest BCUT2D eigenvalue weighted by molar-refractivity contribution is 0.493. The lowest BCUT2D eigenvalue weighted by atomic mass is 10.0. The van der Waals surface area contributed by atoms with Crippen LogP contribution in [-0.4, -0.2) is 6.54 Å². The van der Waals surface area contributed by atoms with E-state index in [0.717, 1.165) is 19.0 Å². The third-order valence-electron chi connectivity index (χ3n) is 2.51. The molecule has 0 saturated heterocycles. The topological polar surface area (TPSA) is 12.0 Å². The molecule has 1 rings (SSSR count). The summed E-state index contributed by atoms with van der Waals surface area (Å²) < 4.78 is 26.6. The molecule has 1 N–H and O–H groups in total. The summed E-state index contributed by atoms with van der Waals surface area (Å²) in [6, 6.07) is 2.51. The molecule has 15 heavy (non-hydrogen) atoms. The van der Waals surface area contributed by atoms with Crippen molar-refractivity contribution in [3.05, 3.63) is 34.9 Å². The predicted octanol–water partition coefficient (Wildman–Crippen LogP) is 3.33. The Bertz CT molecular complexity index is 337. The highest BCUT2D eigenvalue weighted by Gasteiger charge is 2.14. The van der Waals surface area contributed by atoms with E-state index >= 15 is 0 Å². The van der Waals surface area contributed by atoms with Gasteiger partial charge in [0.1, 0.15) is 11.6 Å². The number of hydrogen-bond acceptors (Lipinski definition) is 1. The number of halogens is 2. The van der Waals surface area contributed by atoms with Crippen LogP contribution in [0.5, 0.6) is 0 Å². The van der Waals surface area contributed by atoms with Gasteiger partial charge in [-0.25, -0.2) is 8.78 Å². The average Bonchev–Trinajstić information content (AvgIpc) is 2.20. The van der Waals surface area contributed by atoms with Crippen molar-refractivity contribution < 1.29 is 8.78 Å². The average molecular weight is 213 g/mol. The fourth-order valence-corrected chi connectivity index (χ4v) is 1.67. The van der Waals surface area contributed by atoms with Crippen LogP contribution in [0.4, 0.5) is 8.78 Å². The molecule has 3 heteroatoms. The first-order valence-electron chi connectivity index (χ1n) is 5.29. The molecule has 0 bridgehead atoms. The van der Waals surface area contributed by atoms with E-state index < -0.39 is 11.6 Å². The summed E-state index contributed by atoms with van der Waals surface area (Å²) in [5.41, 5.74) is 1.04. The van der Waals surface area contributed by atoms with Gasteiger partial charge in [-0.2, -0.15) is 0 Å². The normalized spacial score (nSPS) is 12.9. The van der Waals surface area contributed by atoms with Gasteiger partial charge in [-0.1, -0.05) is 13.8 Å². The summed E-state index contributed by atoms with van der Waals surface area (Å²) in [5, 5.41) is 3.17. The van der Waals surface area contributed by atoms with Gasteiger partial charge in [0.05, 0.1) is 0 Å². The summed E-state index contributed by atoms with van der Waals surface area (Å²) in [6.07, 6.45) is 0.788. The zero-order valence-corrected chi connectivity index (χ0v) is 9.40. The quantitative estimate of drug-likeness (QED) is 0.808. The highest BCUT2D eigenvalue weighted by atomic mass is 19.1. The summed E-state index contributed by atoms with van der Waals surface area (Å²) in [5.74, 6) is -0.950. The molecule has 1 nitrogen and oxygen atoms in total. The molecule has 0 aliphatic rings. The molecule has 0 aromatic heterocycles. The Balaban J connectivity index is 3.06. The van der Waals surface area contributed by atoms with Gasteiger partial charge in [0.15, 0.2) is 0 Å². The minimum absolute atomic E-state index is 0.0331. The van der Waals surface area contributed by atoms with Gasteiger partial charge in [-0.3, -0.25) is 0 Å². The van der Waals surface area contributed by atoms with Gasteiger partial charge >= 0.3 is 0 Å². The molecule has 84 valence electrons. The van der Waals surface area contributed by atoms with Crippen LogP contribution in [-0.2, 0) is 0 Å². The predicted molar refractivity (Wildman–Crippen MR) is 57.8 cm³/mol. The molecule has 1 aromatic rings. The molecule has 1 atom stereocenters. The number of benzene rings is 1. The first-order chi connectivity index (χ1) is 7.10. The minimum atomic E-state index is -0.484. The fraction of sp³-hybridized carbons (Fsp3) is 0.500. The monoisotopic (exact) mass is 213 g/mol. The van der Waals surface area contributed by atoms with Crippen molar-refractivity contribution >= 4 is 0 Å². The second kappa shape index (κ2) is 5.21. The van der Waals surface area contributed by atoms with E-state index in [0.29, 0.717) is 11.1 Å². The summed E-state index contributed by atoms with van der Waals surface area (Å²) in [6.45, 7) is 6.37. The molecule has 0 heterocycles. The van der Waals surface area contributed by atoms with E-state index in [1.165, 1.54) is 0 Å². The van der Waals surface area contributed by atoms with Gasteiger partial charge in [0, 0.05) is 17.7 Å². The van der Waals surface area contributed by atoms with Crippen molar-refractivity contribution in [3.8, 4) is 0 Å². The fourth-order valence-electron chi connectivity index (χ4n) is 1.67. The maximum Gasteiger partial charge on any atom is 0.130 e. The third-order valence-corrected chi connectivity index (χ3v) is 2.51. The summed E-state index contributed by atoms with van der Waals surface area (Å²) in [7, 11) is 0. The second-order valence-corrected chi connectivity index (χ2v) is 3.64. The molecular formula is C12H17F2N. The van der Waals surface area contributed by atoms with Crippen LogP contribution in [0.25, 0.3) is 0 Å². The van der Waals surface area contributed by atoms with Crippen LogP contribution in [0, 0.1) is 18.6 Å². The first kappa shape index (κ1) is 12.1. The lowest BCUT2D eigenvalue weighted by Crippen LogP contribution is -2.21. The van der Waals surface area contributed by atoms with E-state index in [2.05, 4.69) is 5.32 Å². The molecule has 0 aliphatic carbocycles. The zero-order valence-electron chi connectivity index (χ0n) is 9.40. The van der Waals surface area contributed by atoms with E-state index in [9.17, 15) is 8.78 Å². The lowest BCUT2D eigenvalue weighted by Gasteiger charge is -2.17. The van der Waals surface area contributed by atoms with Crippen molar-refractivity contribution in [3.63, 3.8) is 0 Å². The molecule has 0 saturated carbocycles. The van der Waals surface area contributed by atoms with Gasteiger partial charge in [-0.15, -0.1) is 0 Å². The number of hydrogen-bond donors (Lipinski definition) is 1. The first-order valence-corrected chi connectivity index (χ1v) is 5.29. The number of nitrogens with one attached hydrogen (secondary N) is 1. The number of aryl methyl sites for hydroxylation is 1. The molecule has 0 fully saturated rings. The highest BCUT2D eigenvalue weighted by molar-refractivity contribution is 5.28. The van der Waals surface area contributed by atoms with E-state index in [1.807, 2.05) is 13.8 Å². The standard InChI is InChI=1S/C12H17F2N/c1-4-12(15-5-2)9-6-8(3)10(13)7-11(9)14/h6-7,12,15H,4-5H2,1-3H3. The Morgan fingerprint density at radius 3 is 2.40 bits per heavy atom. The van der Waals surface area contributed by atoms with Gasteiger partial charge < -0.3 is 5.32 Å². The Labute approximate surface area is 89.5 Å². The van der Waals surface area contributed by atoms with Gasteiger partial charge in [0.25, 0.3) is 0 Å². The minimum Gasteiger partial charge on any atom is -0.310 e. The Kier molecular flexibility index (Phi) is 4.21. The molecule has 1 unspecified atom stereocenters. The molecular weight excluding hydrogens is 196 g/mol. The van der Waals surface area contributed by atoms with E-state index in [-0.39, 0.29) is 6.04 Å². The maximum atomic E-state index is 13.5. The molecule has 0 spiro atoms.